The number of aromatic amines is 1. The van der Waals surface area contributed by atoms with Gasteiger partial charge in [0, 0.05) is 24.9 Å². The lowest BCUT2D eigenvalue weighted by Gasteiger charge is -2.44. The highest BCUT2D eigenvalue weighted by molar-refractivity contribution is 5.83. The van der Waals surface area contributed by atoms with Gasteiger partial charge in [-0.3, -0.25) is 0 Å². The molecule has 0 radical (unpaired) electrons. The first-order valence-electron chi connectivity index (χ1n) is 8.55. The van der Waals surface area contributed by atoms with Gasteiger partial charge in [0.1, 0.15) is 17.7 Å². The summed E-state index contributed by atoms with van der Waals surface area (Å²) in [5.74, 6) is 0.534. The minimum atomic E-state index is -0.995. The van der Waals surface area contributed by atoms with Crippen LogP contribution >= 0.6 is 0 Å². The van der Waals surface area contributed by atoms with E-state index in [1.54, 1.807) is 12.4 Å². The summed E-state index contributed by atoms with van der Waals surface area (Å²) in [6, 6.07) is 6.66. The number of anilines is 1. The molecule has 0 spiro atoms. The van der Waals surface area contributed by atoms with E-state index in [1.165, 1.54) is 18.5 Å². The minimum Gasteiger partial charge on any atom is -0.385 e. The van der Waals surface area contributed by atoms with Gasteiger partial charge in [-0.05, 0) is 30.5 Å². The number of nitrogens with one attached hydrogen (secondary N) is 1. The van der Waals surface area contributed by atoms with Gasteiger partial charge in [0.25, 0.3) is 0 Å². The standard InChI is InChI=1S/C18H18FN5O/c19-12-3-1-2-11(6-12)18(25)7-13-4-5-14(8-18)24(13)17-15-16(21-9-20-15)22-10-23-17/h1-3,6,9-10,13-14,25H,4-5,7-8H2,(H,20,21,22,23). The van der Waals surface area contributed by atoms with Gasteiger partial charge in [0.2, 0.25) is 0 Å². The Bertz CT molecular complexity index is 928. The Balaban J connectivity index is 1.53. The van der Waals surface area contributed by atoms with Crippen molar-refractivity contribution in [2.24, 2.45) is 0 Å². The molecule has 3 aromatic rings. The Morgan fingerprint density at radius 3 is 2.72 bits per heavy atom. The fraction of sp³-hybridized carbons (Fsp3) is 0.389. The number of nitrogens with zero attached hydrogens (tertiary/aromatic N) is 4. The quantitative estimate of drug-likeness (QED) is 0.750. The van der Waals surface area contributed by atoms with Crippen molar-refractivity contribution in [2.45, 2.75) is 43.4 Å². The van der Waals surface area contributed by atoms with Crippen LogP contribution in [0.3, 0.4) is 0 Å². The van der Waals surface area contributed by atoms with E-state index < -0.39 is 5.60 Å². The second kappa shape index (κ2) is 5.23. The maximum atomic E-state index is 13.6. The third-order valence-corrected chi connectivity index (χ3v) is 5.58. The molecular weight excluding hydrogens is 321 g/mol. The molecule has 2 aliphatic rings. The summed E-state index contributed by atoms with van der Waals surface area (Å²) in [5.41, 5.74) is 1.15. The van der Waals surface area contributed by atoms with Crippen molar-refractivity contribution in [3.8, 4) is 0 Å². The van der Waals surface area contributed by atoms with Crippen LogP contribution in [-0.2, 0) is 5.60 Å². The SMILES string of the molecule is OC1(c2cccc(F)c2)CC2CCC(C1)N2c1ncnc2nc[nH]c12. The fourth-order valence-corrected chi connectivity index (χ4v) is 4.53. The number of hydrogen-bond donors (Lipinski definition) is 2. The highest BCUT2D eigenvalue weighted by atomic mass is 19.1. The Hall–Kier alpha value is -2.54. The summed E-state index contributed by atoms with van der Waals surface area (Å²) in [6.07, 6.45) is 6.26. The lowest BCUT2D eigenvalue weighted by molar-refractivity contribution is -0.00339. The smallest absolute Gasteiger partial charge is 0.182 e. The molecule has 5 rings (SSSR count). The lowest BCUT2D eigenvalue weighted by Crippen LogP contribution is -2.50. The Kier molecular flexibility index (Phi) is 3.09. The van der Waals surface area contributed by atoms with Crippen LogP contribution in [0.1, 0.15) is 31.2 Å². The molecule has 128 valence electrons. The number of H-pyrrole nitrogens is 1. The van der Waals surface area contributed by atoms with Gasteiger partial charge < -0.3 is 15.0 Å². The van der Waals surface area contributed by atoms with E-state index >= 15 is 0 Å². The number of benzene rings is 1. The lowest BCUT2D eigenvalue weighted by atomic mass is 9.80. The number of piperidine rings is 1. The molecule has 2 unspecified atom stereocenters. The summed E-state index contributed by atoms with van der Waals surface area (Å²) < 4.78 is 13.6. The van der Waals surface area contributed by atoms with E-state index in [2.05, 4.69) is 24.8 Å². The molecule has 6 nitrogen and oxygen atoms in total. The molecule has 0 saturated carbocycles. The van der Waals surface area contributed by atoms with Gasteiger partial charge in [-0.1, -0.05) is 12.1 Å². The van der Waals surface area contributed by atoms with Gasteiger partial charge in [-0.2, -0.15) is 0 Å². The van der Waals surface area contributed by atoms with Crippen LogP contribution in [0, 0.1) is 5.82 Å². The monoisotopic (exact) mass is 339 g/mol. The van der Waals surface area contributed by atoms with Gasteiger partial charge in [-0.25, -0.2) is 19.3 Å². The van der Waals surface area contributed by atoms with E-state index in [-0.39, 0.29) is 17.9 Å². The van der Waals surface area contributed by atoms with Gasteiger partial charge in [0.15, 0.2) is 11.5 Å². The topological polar surface area (TPSA) is 77.9 Å². The number of fused-ring (bicyclic) bond motifs is 3. The van der Waals surface area contributed by atoms with E-state index in [1.807, 2.05) is 6.07 Å². The highest BCUT2D eigenvalue weighted by Crippen LogP contribution is 2.47. The molecule has 4 heterocycles. The maximum absolute atomic E-state index is 13.6. The molecule has 2 aromatic heterocycles. The molecule has 25 heavy (non-hydrogen) atoms. The average Bonchev–Trinajstić information content (AvgIpc) is 3.18. The summed E-state index contributed by atoms with van der Waals surface area (Å²) >= 11 is 0. The molecule has 2 aliphatic heterocycles. The zero-order valence-electron chi connectivity index (χ0n) is 13.6. The third-order valence-electron chi connectivity index (χ3n) is 5.58. The van der Waals surface area contributed by atoms with Crippen molar-refractivity contribution >= 4 is 17.0 Å². The second-order valence-corrected chi connectivity index (χ2v) is 7.04. The number of aromatic nitrogens is 4. The Labute approximate surface area is 143 Å². The van der Waals surface area contributed by atoms with Crippen LogP contribution in [0.25, 0.3) is 11.2 Å². The van der Waals surface area contributed by atoms with Crippen molar-refractivity contribution in [1.82, 2.24) is 19.9 Å². The van der Waals surface area contributed by atoms with Crippen LogP contribution in [-0.4, -0.2) is 37.1 Å². The van der Waals surface area contributed by atoms with Crippen LogP contribution in [0.15, 0.2) is 36.9 Å². The van der Waals surface area contributed by atoms with Crippen LogP contribution < -0.4 is 4.90 Å². The van der Waals surface area contributed by atoms with E-state index in [0.717, 1.165) is 24.2 Å². The second-order valence-electron chi connectivity index (χ2n) is 7.04. The molecule has 2 saturated heterocycles. The van der Waals surface area contributed by atoms with Gasteiger partial charge in [-0.15, -0.1) is 0 Å². The predicted octanol–water partition coefficient (Wildman–Crippen LogP) is 2.51. The Morgan fingerprint density at radius 1 is 1.16 bits per heavy atom. The predicted molar refractivity (Wildman–Crippen MR) is 90.5 cm³/mol. The van der Waals surface area contributed by atoms with Crippen molar-refractivity contribution in [3.63, 3.8) is 0 Å². The summed E-state index contributed by atoms with van der Waals surface area (Å²) in [5, 5.41) is 11.2. The van der Waals surface area contributed by atoms with Crippen molar-refractivity contribution < 1.29 is 9.50 Å². The molecule has 0 aliphatic carbocycles. The first-order chi connectivity index (χ1) is 12.1. The first kappa shape index (κ1) is 14.8. The number of halogens is 1. The largest absolute Gasteiger partial charge is 0.385 e. The molecule has 2 bridgehead atoms. The van der Waals surface area contributed by atoms with Crippen LogP contribution in [0.5, 0.6) is 0 Å². The zero-order chi connectivity index (χ0) is 17.0. The number of rotatable bonds is 2. The molecular formula is C18H18FN5O. The van der Waals surface area contributed by atoms with Crippen molar-refractivity contribution in [3.05, 3.63) is 48.3 Å². The Morgan fingerprint density at radius 2 is 1.96 bits per heavy atom. The highest BCUT2D eigenvalue weighted by Gasteiger charge is 2.49. The van der Waals surface area contributed by atoms with Gasteiger partial charge in [0.05, 0.1) is 11.9 Å². The molecule has 2 fully saturated rings. The molecule has 2 N–H and O–H groups in total. The van der Waals surface area contributed by atoms with E-state index in [0.29, 0.717) is 24.1 Å². The first-order valence-corrected chi connectivity index (χ1v) is 8.55. The summed E-state index contributed by atoms with van der Waals surface area (Å²) in [4.78, 5) is 18.3. The maximum Gasteiger partial charge on any atom is 0.182 e. The van der Waals surface area contributed by atoms with Gasteiger partial charge >= 0.3 is 0 Å². The minimum absolute atomic E-state index is 0.161. The van der Waals surface area contributed by atoms with Crippen molar-refractivity contribution in [1.29, 1.82) is 0 Å². The normalized spacial score (nSPS) is 28.6. The van der Waals surface area contributed by atoms with Crippen LogP contribution in [0.4, 0.5) is 10.2 Å². The zero-order valence-corrected chi connectivity index (χ0v) is 13.6. The van der Waals surface area contributed by atoms with Crippen molar-refractivity contribution in [2.75, 3.05) is 4.90 Å². The fourth-order valence-electron chi connectivity index (χ4n) is 4.53. The summed E-state index contributed by atoms with van der Waals surface area (Å²) in [7, 11) is 0. The number of imidazole rings is 1. The number of aliphatic hydroxyl groups is 1. The van der Waals surface area contributed by atoms with E-state index in [4.69, 9.17) is 0 Å². The average molecular weight is 339 g/mol. The van der Waals surface area contributed by atoms with E-state index in [9.17, 15) is 9.50 Å². The molecule has 2 atom stereocenters. The summed E-state index contributed by atoms with van der Waals surface area (Å²) in [6.45, 7) is 0. The molecule has 7 heteroatoms. The number of hydrogen-bond acceptors (Lipinski definition) is 5. The molecule has 0 amide bonds. The van der Waals surface area contributed by atoms with Crippen LogP contribution in [0.2, 0.25) is 0 Å². The molecule has 1 aromatic carbocycles. The third kappa shape index (κ3) is 2.22.